The molecule has 1 aliphatic rings. The van der Waals surface area contributed by atoms with Crippen LogP contribution < -0.4 is 10.6 Å². The number of benzene rings is 1. The van der Waals surface area contributed by atoms with Crippen LogP contribution in [0.5, 0.6) is 0 Å². The molecule has 0 spiro atoms. The third-order valence-corrected chi connectivity index (χ3v) is 3.38. The van der Waals surface area contributed by atoms with Crippen molar-refractivity contribution in [1.82, 2.24) is 10.6 Å². The molecule has 1 heterocycles. The topological polar surface area (TPSA) is 41.1 Å². The first-order chi connectivity index (χ1) is 8.16. The zero-order valence-electron chi connectivity index (χ0n) is 9.87. The van der Waals surface area contributed by atoms with Crippen LogP contribution in [0.1, 0.15) is 24.8 Å². The molecule has 3 nitrogen and oxygen atoms in total. The number of hydrogen-bond acceptors (Lipinski definition) is 2. The van der Waals surface area contributed by atoms with Gasteiger partial charge in [0.15, 0.2) is 0 Å². The number of halogens is 1. The monoisotopic (exact) mass is 252 g/mol. The maximum Gasteiger partial charge on any atom is 0.227 e. The molecule has 0 saturated carbocycles. The van der Waals surface area contributed by atoms with Crippen molar-refractivity contribution in [2.45, 2.75) is 25.3 Å². The Labute approximate surface area is 107 Å². The van der Waals surface area contributed by atoms with Crippen LogP contribution >= 0.6 is 11.6 Å². The highest BCUT2D eigenvalue weighted by Gasteiger charge is 2.21. The molecule has 0 aromatic heterocycles. The van der Waals surface area contributed by atoms with Crippen molar-refractivity contribution in [2.24, 2.45) is 0 Å². The molecule has 2 N–H and O–H groups in total. The number of hydrogen-bond donors (Lipinski definition) is 2. The quantitative estimate of drug-likeness (QED) is 0.863. The van der Waals surface area contributed by atoms with E-state index in [4.69, 9.17) is 11.6 Å². The highest BCUT2D eigenvalue weighted by molar-refractivity contribution is 6.30. The van der Waals surface area contributed by atoms with E-state index in [1.54, 1.807) is 0 Å². The number of nitrogens with one attached hydrogen (secondary N) is 2. The minimum atomic E-state index is -0.158. The molecule has 0 bridgehead atoms. The molecule has 2 unspecified atom stereocenters. The summed E-state index contributed by atoms with van der Waals surface area (Å²) in [6.07, 6.45) is 1.01. The maximum atomic E-state index is 12.0. The SMILES string of the molecule is CC(C(=O)NC1CCNC1)c1cccc(Cl)c1. The third-order valence-electron chi connectivity index (χ3n) is 3.15. The number of rotatable bonds is 3. The van der Waals surface area contributed by atoms with E-state index in [-0.39, 0.29) is 17.9 Å². The van der Waals surface area contributed by atoms with Crippen LogP contribution in [0, 0.1) is 0 Å². The average molecular weight is 253 g/mol. The molecule has 2 rings (SSSR count). The largest absolute Gasteiger partial charge is 0.352 e. The fourth-order valence-electron chi connectivity index (χ4n) is 2.03. The Morgan fingerprint density at radius 3 is 3.06 bits per heavy atom. The number of amides is 1. The second-order valence-electron chi connectivity index (χ2n) is 4.48. The van der Waals surface area contributed by atoms with E-state index in [1.165, 1.54) is 0 Å². The maximum absolute atomic E-state index is 12.0. The van der Waals surface area contributed by atoms with Crippen LogP contribution in [0.25, 0.3) is 0 Å². The van der Waals surface area contributed by atoms with Crippen LogP contribution in [0.4, 0.5) is 0 Å². The van der Waals surface area contributed by atoms with Crippen LogP contribution in [-0.4, -0.2) is 25.0 Å². The van der Waals surface area contributed by atoms with Crippen molar-refractivity contribution < 1.29 is 4.79 Å². The second-order valence-corrected chi connectivity index (χ2v) is 4.91. The van der Waals surface area contributed by atoms with Gasteiger partial charge in [-0.15, -0.1) is 0 Å². The first-order valence-electron chi connectivity index (χ1n) is 5.93. The third kappa shape index (κ3) is 3.20. The summed E-state index contributed by atoms with van der Waals surface area (Å²) in [6, 6.07) is 7.74. The van der Waals surface area contributed by atoms with Gasteiger partial charge in [0.25, 0.3) is 0 Å². The van der Waals surface area contributed by atoms with Crippen LogP contribution in [0.15, 0.2) is 24.3 Å². The van der Waals surface area contributed by atoms with Crippen LogP contribution in [0.2, 0.25) is 5.02 Å². The summed E-state index contributed by atoms with van der Waals surface area (Å²) in [5.41, 5.74) is 0.959. The first-order valence-corrected chi connectivity index (χ1v) is 6.31. The minimum absolute atomic E-state index is 0.0703. The fraction of sp³-hybridized carbons (Fsp3) is 0.462. The highest BCUT2D eigenvalue weighted by Crippen LogP contribution is 2.19. The molecule has 1 aliphatic heterocycles. The molecule has 0 aliphatic carbocycles. The van der Waals surface area contributed by atoms with E-state index in [1.807, 2.05) is 31.2 Å². The first kappa shape index (κ1) is 12.4. The zero-order chi connectivity index (χ0) is 12.3. The molecule has 1 amide bonds. The van der Waals surface area contributed by atoms with Gasteiger partial charge in [0, 0.05) is 17.6 Å². The smallest absolute Gasteiger partial charge is 0.227 e. The van der Waals surface area contributed by atoms with E-state index < -0.39 is 0 Å². The Morgan fingerprint density at radius 2 is 2.41 bits per heavy atom. The van der Waals surface area contributed by atoms with Gasteiger partial charge in [-0.05, 0) is 37.6 Å². The standard InChI is InChI=1S/C13H17ClN2O/c1-9(10-3-2-4-11(14)7-10)13(17)16-12-5-6-15-8-12/h2-4,7,9,12,15H,5-6,8H2,1H3,(H,16,17). The predicted octanol–water partition coefficient (Wildman–Crippen LogP) is 1.92. The molecule has 0 radical (unpaired) electrons. The van der Waals surface area contributed by atoms with Gasteiger partial charge >= 0.3 is 0 Å². The summed E-state index contributed by atoms with van der Waals surface area (Å²) in [6.45, 7) is 3.76. The molecule has 1 fully saturated rings. The molecular formula is C13H17ClN2O. The molecule has 92 valence electrons. The van der Waals surface area contributed by atoms with E-state index >= 15 is 0 Å². The average Bonchev–Trinajstić information content (AvgIpc) is 2.80. The summed E-state index contributed by atoms with van der Waals surface area (Å²) in [4.78, 5) is 12.0. The highest BCUT2D eigenvalue weighted by atomic mass is 35.5. The molecule has 1 saturated heterocycles. The van der Waals surface area contributed by atoms with Gasteiger partial charge < -0.3 is 10.6 Å². The predicted molar refractivity (Wildman–Crippen MR) is 69.3 cm³/mol. The van der Waals surface area contributed by atoms with Gasteiger partial charge in [-0.1, -0.05) is 23.7 Å². The molecule has 2 atom stereocenters. The second kappa shape index (κ2) is 5.52. The van der Waals surface area contributed by atoms with Crippen molar-refractivity contribution >= 4 is 17.5 Å². The number of carbonyl (C=O) groups excluding carboxylic acids is 1. The van der Waals surface area contributed by atoms with Crippen molar-refractivity contribution in [3.8, 4) is 0 Å². The van der Waals surface area contributed by atoms with Crippen LogP contribution in [-0.2, 0) is 4.79 Å². The summed E-state index contributed by atoms with van der Waals surface area (Å²) in [7, 11) is 0. The van der Waals surface area contributed by atoms with Crippen molar-refractivity contribution in [3.05, 3.63) is 34.9 Å². The lowest BCUT2D eigenvalue weighted by molar-refractivity contribution is -0.122. The Bertz CT molecular complexity index is 402. The zero-order valence-corrected chi connectivity index (χ0v) is 10.6. The lowest BCUT2D eigenvalue weighted by Gasteiger charge is -2.16. The Balaban J connectivity index is 1.98. The normalized spacial score (nSPS) is 21.2. The van der Waals surface area contributed by atoms with E-state index in [0.29, 0.717) is 5.02 Å². The minimum Gasteiger partial charge on any atom is -0.352 e. The summed E-state index contributed by atoms with van der Waals surface area (Å²) < 4.78 is 0. The lowest BCUT2D eigenvalue weighted by Crippen LogP contribution is -2.38. The molecule has 17 heavy (non-hydrogen) atoms. The van der Waals surface area contributed by atoms with Gasteiger partial charge in [0.2, 0.25) is 5.91 Å². The number of carbonyl (C=O) groups is 1. The van der Waals surface area contributed by atoms with E-state index in [0.717, 1.165) is 25.1 Å². The summed E-state index contributed by atoms with van der Waals surface area (Å²) in [5, 5.41) is 6.95. The van der Waals surface area contributed by atoms with Gasteiger partial charge in [0.1, 0.15) is 0 Å². The van der Waals surface area contributed by atoms with Gasteiger partial charge in [-0.25, -0.2) is 0 Å². The molecular weight excluding hydrogens is 236 g/mol. The van der Waals surface area contributed by atoms with Crippen molar-refractivity contribution in [2.75, 3.05) is 13.1 Å². The summed E-state index contributed by atoms with van der Waals surface area (Å²) >= 11 is 5.92. The van der Waals surface area contributed by atoms with E-state index in [9.17, 15) is 4.79 Å². The molecule has 1 aromatic rings. The molecule has 1 aromatic carbocycles. The van der Waals surface area contributed by atoms with Crippen molar-refractivity contribution in [1.29, 1.82) is 0 Å². The van der Waals surface area contributed by atoms with Crippen LogP contribution in [0.3, 0.4) is 0 Å². The lowest BCUT2D eigenvalue weighted by atomic mass is 10.00. The summed E-state index contributed by atoms with van der Waals surface area (Å²) in [5.74, 6) is -0.0877. The van der Waals surface area contributed by atoms with Gasteiger partial charge in [-0.2, -0.15) is 0 Å². The van der Waals surface area contributed by atoms with Gasteiger partial charge in [0.05, 0.1) is 5.92 Å². The Hall–Kier alpha value is -1.06. The van der Waals surface area contributed by atoms with Crippen molar-refractivity contribution in [3.63, 3.8) is 0 Å². The van der Waals surface area contributed by atoms with E-state index in [2.05, 4.69) is 10.6 Å². The fourth-order valence-corrected chi connectivity index (χ4v) is 2.23. The Morgan fingerprint density at radius 1 is 1.59 bits per heavy atom. The van der Waals surface area contributed by atoms with Gasteiger partial charge in [-0.3, -0.25) is 4.79 Å². The Kier molecular flexibility index (Phi) is 4.02. The molecule has 4 heteroatoms.